The Kier molecular flexibility index (Phi) is 1.54. The highest BCUT2D eigenvalue weighted by Crippen LogP contribution is 2.56. The zero-order chi connectivity index (χ0) is 7.95. The van der Waals surface area contributed by atoms with E-state index < -0.39 is 0 Å². The van der Waals surface area contributed by atoms with Crippen LogP contribution in [0.5, 0.6) is 0 Å². The Balaban J connectivity index is 2.07. The fourth-order valence-corrected chi connectivity index (χ4v) is 2.52. The number of rotatable bonds is 1. The van der Waals surface area contributed by atoms with Gasteiger partial charge in [0.2, 0.25) is 0 Å². The Bertz CT molecular complexity index is 152. The molecule has 0 atom stereocenters. The average molecular weight is 154 g/mol. The summed E-state index contributed by atoms with van der Waals surface area (Å²) in [6.07, 6.45) is 8.67. The van der Waals surface area contributed by atoms with Gasteiger partial charge in [0.15, 0.2) is 0 Å². The molecule has 2 aliphatic carbocycles. The largest absolute Gasteiger partial charge is 0.389 e. The average Bonchev–Trinajstić information content (AvgIpc) is 2.71. The van der Waals surface area contributed by atoms with Crippen molar-refractivity contribution in [2.75, 3.05) is 0 Å². The van der Waals surface area contributed by atoms with E-state index in [9.17, 15) is 5.11 Å². The van der Waals surface area contributed by atoms with Crippen LogP contribution in [0.4, 0.5) is 0 Å². The van der Waals surface area contributed by atoms with E-state index in [-0.39, 0.29) is 11.0 Å². The third-order valence-electron chi connectivity index (χ3n) is 3.80. The van der Waals surface area contributed by atoms with Crippen LogP contribution in [0.1, 0.15) is 51.9 Å². The van der Waals surface area contributed by atoms with Gasteiger partial charge >= 0.3 is 0 Å². The minimum absolute atomic E-state index is 0.243. The molecule has 1 nitrogen and oxygen atoms in total. The van der Waals surface area contributed by atoms with E-state index in [0.717, 1.165) is 12.8 Å². The summed E-state index contributed by atoms with van der Waals surface area (Å²) in [6, 6.07) is 0. The summed E-state index contributed by atoms with van der Waals surface area (Å²) in [4.78, 5) is 0. The maximum Gasteiger partial charge on any atom is 0.0703 e. The van der Waals surface area contributed by atoms with Crippen molar-refractivity contribution in [3.8, 4) is 0 Å². The molecule has 0 aliphatic heterocycles. The van der Waals surface area contributed by atoms with Gasteiger partial charge in [0, 0.05) is 0 Å². The molecule has 64 valence electrons. The van der Waals surface area contributed by atoms with Crippen molar-refractivity contribution < 1.29 is 5.11 Å². The highest BCUT2D eigenvalue weighted by atomic mass is 16.3. The van der Waals surface area contributed by atoms with Crippen molar-refractivity contribution in [1.82, 2.24) is 0 Å². The predicted octanol–water partition coefficient (Wildman–Crippen LogP) is 2.48. The summed E-state index contributed by atoms with van der Waals surface area (Å²) in [6.45, 7) is 2.28. The van der Waals surface area contributed by atoms with E-state index >= 15 is 0 Å². The Labute approximate surface area is 68.8 Å². The van der Waals surface area contributed by atoms with Crippen molar-refractivity contribution in [1.29, 1.82) is 0 Å². The second-order valence-corrected chi connectivity index (χ2v) is 4.65. The monoisotopic (exact) mass is 154 g/mol. The molecule has 0 aromatic carbocycles. The SMILES string of the molecule is CC1(C2(O)CC2)CCCCC1. The lowest BCUT2D eigenvalue weighted by molar-refractivity contribution is -0.0130. The van der Waals surface area contributed by atoms with E-state index in [1.54, 1.807) is 0 Å². The first-order valence-electron chi connectivity index (χ1n) is 4.89. The fourth-order valence-electron chi connectivity index (χ4n) is 2.52. The number of hydrogen-bond acceptors (Lipinski definition) is 1. The Morgan fingerprint density at radius 3 is 1.91 bits per heavy atom. The van der Waals surface area contributed by atoms with Crippen LogP contribution in [-0.2, 0) is 0 Å². The van der Waals surface area contributed by atoms with Gasteiger partial charge in [0.25, 0.3) is 0 Å². The van der Waals surface area contributed by atoms with Gasteiger partial charge in [-0.3, -0.25) is 0 Å². The molecule has 0 spiro atoms. The third-order valence-corrected chi connectivity index (χ3v) is 3.80. The van der Waals surface area contributed by atoms with Crippen molar-refractivity contribution in [2.24, 2.45) is 5.41 Å². The molecule has 1 N–H and O–H groups in total. The Hall–Kier alpha value is -0.0400. The van der Waals surface area contributed by atoms with E-state index in [1.807, 2.05) is 0 Å². The Morgan fingerprint density at radius 1 is 0.909 bits per heavy atom. The zero-order valence-corrected chi connectivity index (χ0v) is 7.40. The summed E-state index contributed by atoms with van der Waals surface area (Å²) in [5, 5.41) is 10.0. The van der Waals surface area contributed by atoms with Crippen LogP contribution in [0, 0.1) is 5.41 Å². The van der Waals surface area contributed by atoms with Crippen molar-refractivity contribution in [2.45, 2.75) is 57.5 Å². The van der Waals surface area contributed by atoms with Crippen LogP contribution in [0.15, 0.2) is 0 Å². The molecule has 0 saturated heterocycles. The van der Waals surface area contributed by atoms with E-state index in [1.165, 1.54) is 32.1 Å². The van der Waals surface area contributed by atoms with Crippen molar-refractivity contribution >= 4 is 0 Å². The highest BCUT2D eigenvalue weighted by Gasteiger charge is 2.55. The molecule has 0 unspecified atom stereocenters. The third kappa shape index (κ3) is 1.10. The molecule has 0 aromatic heterocycles. The van der Waals surface area contributed by atoms with E-state index in [0.29, 0.717) is 0 Å². The van der Waals surface area contributed by atoms with Crippen LogP contribution < -0.4 is 0 Å². The van der Waals surface area contributed by atoms with Crippen LogP contribution in [0.25, 0.3) is 0 Å². The number of aliphatic hydroxyl groups is 1. The van der Waals surface area contributed by atoms with Gasteiger partial charge in [-0.25, -0.2) is 0 Å². The maximum atomic E-state index is 10.0. The molecular formula is C10H18O. The van der Waals surface area contributed by atoms with Crippen LogP contribution in [0.3, 0.4) is 0 Å². The van der Waals surface area contributed by atoms with Gasteiger partial charge in [-0.05, 0) is 31.1 Å². The summed E-state index contributed by atoms with van der Waals surface area (Å²) in [5.41, 5.74) is 0.0403. The van der Waals surface area contributed by atoms with E-state index in [4.69, 9.17) is 0 Å². The zero-order valence-electron chi connectivity index (χ0n) is 7.40. The molecule has 2 rings (SSSR count). The second-order valence-electron chi connectivity index (χ2n) is 4.65. The molecular weight excluding hydrogens is 136 g/mol. The lowest BCUT2D eigenvalue weighted by atomic mass is 9.70. The summed E-state index contributed by atoms with van der Waals surface area (Å²) in [5.74, 6) is 0. The molecule has 0 aromatic rings. The minimum Gasteiger partial charge on any atom is -0.389 e. The first-order chi connectivity index (χ1) is 5.16. The number of hydrogen-bond donors (Lipinski definition) is 1. The normalized spacial score (nSPS) is 33.3. The summed E-state index contributed by atoms with van der Waals surface area (Å²) in [7, 11) is 0. The summed E-state index contributed by atoms with van der Waals surface area (Å²) < 4.78 is 0. The van der Waals surface area contributed by atoms with Gasteiger partial charge in [0.1, 0.15) is 0 Å². The van der Waals surface area contributed by atoms with Gasteiger partial charge < -0.3 is 5.11 Å². The van der Waals surface area contributed by atoms with E-state index in [2.05, 4.69) is 6.92 Å². The van der Waals surface area contributed by atoms with Gasteiger partial charge in [-0.15, -0.1) is 0 Å². The molecule has 0 radical (unpaired) electrons. The summed E-state index contributed by atoms with van der Waals surface area (Å²) >= 11 is 0. The molecule has 2 fully saturated rings. The maximum absolute atomic E-state index is 10.0. The van der Waals surface area contributed by atoms with Crippen LogP contribution in [-0.4, -0.2) is 10.7 Å². The molecule has 0 heterocycles. The lowest BCUT2D eigenvalue weighted by Crippen LogP contribution is -2.36. The van der Waals surface area contributed by atoms with Crippen molar-refractivity contribution in [3.63, 3.8) is 0 Å². The second kappa shape index (κ2) is 2.22. The lowest BCUT2D eigenvalue weighted by Gasteiger charge is -2.38. The highest BCUT2D eigenvalue weighted by molar-refractivity contribution is 5.07. The molecule has 11 heavy (non-hydrogen) atoms. The van der Waals surface area contributed by atoms with Gasteiger partial charge in [-0.1, -0.05) is 26.2 Å². The standard InChI is InChI=1S/C10H18O/c1-9(10(11)7-8-10)5-3-2-4-6-9/h11H,2-8H2,1H3. The minimum atomic E-state index is -0.243. The first-order valence-corrected chi connectivity index (χ1v) is 4.89. The molecule has 2 saturated carbocycles. The van der Waals surface area contributed by atoms with Crippen LogP contribution >= 0.6 is 0 Å². The topological polar surface area (TPSA) is 20.2 Å². The molecule has 1 heteroatoms. The molecule has 0 amide bonds. The van der Waals surface area contributed by atoms with Crippen LogP contribution in [0.2, 0.25) is 0 Å². The fraction of sp³-hybridized carbons (Fsp3) is 1.00. The predicted molar refractivity (Wildman–Crippen MR) is 45.4 cm³/mol. The smallest absolute Gasteiger partial charge is 0.0703 e. The molecule has 2 aliphatic rings. The van der Waals surface area contributed by atoms with Gasteiger partial charge in [0.05, 0.1) is 5.60 Å². The first kappa shape index (κ1) is 7.60. The van der Waals surface area contributed by atoms with Crippen molar-refractivity contribution in [3.05, 3.63) is 0 Å². The Morgan fingerprint density at radius 2 is 1.45 bits per heavy atom. The van der Waals surface area contributed by atoms with Gasteiger partial charge in [-0.2, -0.15) is 0 Å². The molecule has 0 bridgehead atoms. The quantitative estimate of drug-likeness (QED) is 0.615.